The molecule has 1 aliphatic rings. The van der Waals surface area contributed by atoms with E-state index in [9.17, 15) is 9.59 Å². The van der Waals surface area contributed by atoms with Crippen LogP contribution in [-0.2, 0) is 16.1 Å². The molecule has 0 bridgehead atoms. The van der Waals surface area contributed by atoms with Gasteiger partial charge in [0.05, 0.1) is 12.2 Å². The van der Waals surface area contributed by atoms with Gasteiger partial charge in [0.25, 0.3) is 0 Å². The molecule has 1 atom stereocenters. The van der Waals surface area contributed by atoms with Crippen LogP contribution in [0.2, 0.25) is 0 Å². The van der Waals surface area contributed by atoms with Gasteiger partial charge in [-0.25, -0.2) is 9.97 Å². The number of rotatable bonds is 9. The zero-order chi connectivity index (χ0) is 24.9. The zero-order valence-electron chi connectivity index (χ0n) is 19.9. The molecule has 1 fully saturated rings. The normalized spacial score (nSPS) is 14.0. The van der Waals surface area contributed by atoms with E-state index in [1.165, 1.54) is 18.9 Å². The van der Waals surface area contributed by atoms with Gasteiger partial charge in [-0.1, -0.05) is 30.3 Å². The van der Waals surface area contributed by atoms with Crippen molar-refractivity contribution in [1.29, 1.82) is 0 Å². The Labute approximate surface area is 208 Å². The Morgan fingerprint density at radius 2 is 2.03 bits per heavy atom. The van der Waals surface area contributed by atoms with Crippen LogP contribution in [0.5, 0.6) is 0 Å². The average molecular weight is 482 g/mol. The van der Waals surface area contributed by atoms with Crippen LogP contribution >= 0.6 is 0 Å². The minimum Gasteiger partial charge on any atom is -0.334 e. The van der Waals surface area contributed by atoms with E-state index >= 15 is 0 Å². The van der Waals surface area contributed by atoms with Crippen molar-refractivity contribution in [1.82, 2.24) is 24.7 Å². The first-order chi connectivity index (χ1) is 17.5. The SMILES string of the molecule is CC(C(=O)Nc1cc(C2CC2)[nH]n1)c1cccc(-c2ccc(NC(=O)/C=C/Cn3ccnc3)nc2)c1. The number of carbonyl (C=O) groups excluding carboxylic acids is 2. The molecule has 1 saturated carbocycles. The summed E-state index contributed by atoms with van der Waals surface area (Å²) in [6.07, 6.45) is 12.5. The number of H-pyrrole nitrogens is 1. The smallest absolute Gasteiger partial charge is 0.249 e. The van der Waals surface area contributed by atoms with Crippen LogP contribution in [-0.4, -0.2) is 36.5 Å². The lowest BCUT2D eigenvalue weighted by atomic mass is 9.96. The molecule has 0 spiro atoms. The summed E-state index contributed by atoms with van der Waals surface area (Å²) in [6, 6.07) is 13.4. The van der Waals surface area contributed by atoms with Crippen LogP contribution in [0.1, 0.15) is 42.9 Å². The Kier molecular flexibility index (Phi) is 6.70. The summed E-state index contributed by atoms with van der Waals surface area (Å²) in [5, 5.41) is 12.9. The fraction of sp³-hybridized carbons (Fsp3) is 0.222. The molecule has 36 heavy (non-hydrogen) atoms. The highest BCUT2D eigenvalue weighted by Gasteiger charge is 2.26. The number of hydrogen-bond acceptors (Lipinski definition) is 5. The quantitative estimate of drug-likeness (QED) is 0.305. The molecular weight excluding hydrogens is 454 g/mol. The van der Waals surface area contributed by atoms with E-state index in [1.54, 1.807) is 30.9 Å². The number of amides is 2. The van der Waals surface area contributed by atoms with Gasteiger partial charge in [0.1, 0.15) is 5.82 Å². The number of imidazole rings is 1. The number of benzene rings is 1. The molecule has 182 valence electrons. The molecule has 9 heteroatoms. The second-order valence-electron chi connectivity index (χ2n) is 8.90. The number of carbonyl (C=O) groups is 2. The molecule has 0 aliphatic heterocycles. The molecule has 1 aromatic carbocycles. The summed E-state index contributed by atoms with van der Waals surface area (Å²) >= 11 is 0. The number of nitrogens with one attached hydrogen (secondary N) is 3. The number of nitrogens with zero attached hydrogens (tertiary/aromatic N) is 4. The molecule has 3 aromatic heterocycles. The monoisotopic (exact) mass is 481 g/mol. The van der Waals surface area contributed by atoms with Gasteiger partial charge in [-0.3, -0.25) is 14.7 Å². The molecule has 4 aromatic rings. The minimum absolute atomic E-state index is 0.113. The van der Waals surface area contributed by atoms with Gasteiger partial charge in [0.2, 0.25) is 11.8 Å². The van der Waals surface area contributed by atoms with Crippen molar-refractivity contribution in [3.05, 3.63) is 90.8 Å². The third kappa shape index (κ3) is 5.75. The molecule has 3 heterocycles. The number of aromatic nitrogens is 5. The van der Waals surface area contributed by atoms with Crippen LogP contribution < -0.4 is 10.6 Å². The maximum atomic E-state index is 12.8. The second-order valence-corrected chi connectivity index (χ2v) is 8.90. The van der Waals surface area contributed by atoms with Gasteiger partial charge >= 0.3 is 0 Å². The highest BCUT2D eigenvalue weighted by Crippen LogP contribution is 2.39. The number of pyridine rings is 1. The van der Waals surface area contributed by atoms with Crippen LogP contribution in [0.4, 0.5) is 11.6 Å². The number of anilines is 2. The van der Waals surface area contributed by atoms with Gasteiger partial charge in [-0.2, -0.15) is 5.10 Å². The first kappa shape index (κ1) is 23.2. The molecule has 5 rings (SSSR count). The van der Waals surface area contributed by atoms with Gasteiger partial charge in [0.15, 0.2) is 5.82 Å². The average Bonchev–Trinajstić information content (AvgIpc) is 3.41. The molecule has 1 aliphatic carbocycles. The standard InChI is InChI=1S/C27H27N7O2/c1-18(27(36)31-25-15-23(32-33-25)19-7-8-19)20-4-2-5-21(14-20)22-9-10-24(29-16-22)30-26(35)6-3-12-34-13-11-28-17-34/h2-6,9-11,13-19H,7-8,12H2,1H3,(H,29,30,35)(H2,31,32,33,36)/b6-3+. The first-order valence-electron chi connectivity index (χ1n) is 11.9. The summed E-state index contributed by atoms with van der Waals surface area (Å²) in [5.41, 5.74) is 3.80. The molecule has 9 nitrogen and oxygen atoms in total. The van der Waals surface area contributed by atoms with E-state index < -0.39 is 0 Å². The maximum Gasteiger partial charge on any atom is 0.249 e. The molecule has 0 radical (unpaired) electrons. The predicted molar refractivity (Wildman–Crippen MR) is 137 cm³/mol. The topological polar surface area (TPSA) is 118 Å². The molecule has 3 N–H and O–H groups in total. The van der Waals surface area contributed by atoms with E-state index in [-0.39, 0.29) is 17.7 Å². The Hall–Kier alpha value is -4.53. The van der Waals surface area contributed by atoms with Crippen molar-refractivity contribution in [2.24, 2.45) is 0 Å². The van der Waals surface area contributed by atoms with Crippen molar-refractivity contribution >= 4 is 23.5 Å². The lowest BCUT2D eigenvalue weighted by Gasteiger charge is -2.13. The zero-order valence-corrected chi connectivity index (χ0v) is 19.9. The third-order valence-electron chi connectivity index (χ3n) is 6.14. The van der Waals surface area contributed by atoms with Crippen LogP contribution in [0.25, 0.3) is 11.1 Å². The largest absolute Gasteiger partial charge is 0.334 e. The van der Waals surface area contributed by atoms with Crippen molar-refractivity contribution in [2.75, 3.05) is 10.6 Å². The molecule has 0 saturated heterocycles. The first-order valence-corrected chi connectivity index (χ1v) is 11.9. The van der Waals surface area contributed by atoms with Crippen molar-refractivity contribution in [3.8, 4) is 11.1 Å². The Morgan fingerprint density at radius 1 is 1.14 bits per heavy atom. The molecule has 2 amide bonds. The number of aromatic amines is 1. The fourth-order valence-corrected chi connectivity index (χ4v) is 3.86. The predicted octanol–water partition coefficient (Wildman–Crippen LogP) is 4.48. The fourth-order valence-electron chi connectivity index (χ4n) is 3.86. The van der Waals surface area contributed by atoms with Gasteiger partial charge < -0.3 is 15.2 Å². The Balaban J connectivity index is 1.19. The van der Waals surface area contributed by atoms with Crippen LogP contribution in [0.15, 0.2) is 79.5 Å². The number of allylic oxidation sites excluding steroid dienone is 1. The van der Waals surface area contributed by atoms with Gasteiger partial charge in [-0.05, 0) is 43.0 Å². The van der Waals surface area contributed by atoms with Crippen LogP contribution in [0.3, 0.4) is 0 Å². The van der Waals surface area contributed by atoms with Crippen molar-refractivity contribution in [3.63, 3.8) is 0 Å². The summed E-state index contributed by atoms with van der Waals surface area (Å²) in [6.45, 7) is 2.44. The van der Waals surface area contributed by atoms with Gasteiger partial charge in [0, 0.05) is 54.5 Å². The van der Waals surface area contributed by atoms with E-state index in [2.05, 4.69) is 30.8 Å². The lowest BCUT2D eigenvalue weighted by molar-refractivity contribution is -0.117. The number of hydrogen-bond donors (Lipinski definition) is 3. The van der Waals surface area contributed by atoms with E-state index in [1.807, 2.05) is 54.1 Å². The lowest BCUT2D eigenvalue weighted by Crippen LogP contribution is -2.19. The molecule has 1 unspecified atom stereocenters. The summed E-state index contributed by atoms with van der Waals surface area (Å²) in [4.78, 5) is 33.3. The highest BCUT2D eigenvalue weighted by molar-refractivity contribution is 5.98. The molecular formula is C27H27N7O2. The van der Waals surface area contributed by atoms with E-state index in [4.69, 9.17) is 0 Å². The van der Waals surface area contributed by atoms with Gasteiger partial charge in [-0.15, -0.1) is 0 Å². The van der Waals surface area contributed by atoms with E-state index in [0.717, 1.165) is 22.4 Å². The minimum atomic E-state index is -0.355. The summed E-state index contributed by atoms with van der Waals surface area (Å²) < 4.78 is 1.86. The maximum absolute atomic E-state index is 12.8. The highest BCUT2D eigenvalue weighted by atomic mass is 16.2. The van der Waals surface area contributed by atoms with Crippen molar-refractivity contribution < 1.29 is 9.59 Å². The van der Waals surface area contributed by atoms with E-state index in [0.29, 0.717) is 24.1 Å². The Bertz CT molecular complexity index is 1370. The summed E-state index contributed by atoms with van der Waals surface area (Å²) in [5.74, 6) is 0.853. The second kappa shape index (κ2) is 10.4. The van der Waals surface area contributed by atoms with Crippen LogP contribution in [0, 0.1) is 0 Å². The van der Waals surface area contributed by atoms with Crippen molar-refractivity contribution in [2.45, 2.75) is 38.1 Å². The third-order valence-corrected chi connectivity index (χ3v) is 6.14. The Morgan fingerprint density at radius 3 is 2.78 bits per heavy atom. The summed E-state index contributed by atoms with van der Waals surface area (Å²) in [7, 11) is 0.